The van der Waals surface area contributed by atoms with Crippen molar-refractivity contribution in [3.63, 3.8) is 0 Å². The van der Waals surface area contributed by atoms with E-state index in [4.69, 9.17) is 10.5 Å². The van der Waals surface area contributed by atoms with Crippen LogP contribution in [0.3, 0.4) is 0 Å². The fourth-order valence-electron chi connectivity index (χ4n) is 3.09. The summed E-state index contributed by atoms with van der Waals surface area (Å²) in [7, 11) is 0. The number of nitrogens with zero attached hydrogens (tertiary/aromatic N) is 1. The Hall–Kier alpha value is -2.66. The lowest BCUT2D eigenvalue weighted by molar-refractivity contribution is 0.0984. The average molecular weight is 368 g/mol. The molecule has 0 heterocycles. The van der Waals surface area contributed by atoms with Crippen LogP contribution in [0.2, 0.25) is 0 Å². The number of likely N-dealkylation sites (N-methyl/N-ethyl adjacent to an activating group) is 1. The van der Waals surface area contributed by atoms with Crippen molar-refractivity contribution >= 4 is 11.7 Å². The van der Waals surface area contributed by atoms with Gasteiger partial charge in [-0.2, -0.15) is 0 Å². The van der Waals surface area contributed by atoms with Gasteiger partial charge >= 0.3 is 0 Å². The lowest BCUT2D eigenvalue weighted by atomic mass is 9.90. The van der Waals surface area contributed by atoms with Crippen molar-refractivity contribution < 1.29 is 14.3 Å². The van der Waals surface area contributed by atoms with E-state index in [1.807, 2.05) is 30.3 Å². The second kappa shape index (κ2) is 9.88. The summed E-state index contributed by atoms with van der Waals surface area (Å²) in [6.45, 7) is 9.12. The third-order valence-corrected chi connectivity index (χ3v) is 4.65. The number of Topliss-reactive ketones (excluding diaryl/α,β-unsaturated/α-hetero) is 1. The van der Waals surface area contributed by atoms with Crippen LogP contribution in [-0.2, 0) is 0 Å². The Morgan fingerprint density at radius 3 is 2.22 bits per heavy atom. The number of hydrogen-bond donors (Lipinski definition) is 1. The minimum atomic E-state index is -0.561. The average Bonchev–Trinajstić information content (AvgIpc) is 2.70. The number of carbonyl (C=O) groups is 2. The fourth-order valence-corrected chi connectivity index (χ4v) is 3.09. The molecule has 0 aliphatic rings. The summed E-state index contributed by atoms with van der Waals surface area (Å²) in [6, 6.07) is 12.7. The molecule has 27 heavy (non-hydrogen) atoms. The maximum absolute atomic E-state index is 12.8. The zero-order valence-corrected chi connectivity index (χ0v) is 16.3. The van der Waals surface area contributed by atoms with E-state index >= 15 is 0 Å². The van der Waals surface area contributed by atoms with Crippen LogP contribution in [0.1, 0.15) is 47.9 Å². The van der Waals surface area contributed by atoms with E-state index in [2.05, 4.69) is 18.7 Å². The van der Waals surface area contributed by atoms with Gasteiger partial charge in [0.2, 0.25) is 5.91 Å². The van der Waals surface area contributed by atoms with Crippen LogP contribution >= 0.6 is 0 Å². The van der Waals surface area contributed by atoms with E-state index in [-0.39, 0.29) is 5.78 Å². The summed E-state index contributed by atoms with van der Waals surface area (Å²) in [6.07, 6.45) is 0.314. The summed E-state index contributed by atoms with van der Waals surface area (Å²) in [5.74, 6) is -0.138. The topological polar surface area (TPSA) is 72.6 Å². The second-order valence-corrected chi connectivity index (χ2v) is 6.24. The Morgan fingerprint density at radius 2 is 1.67 bits per heavy atom. The van der Waals surface area contributed by atoms with Crippen LogP contribution in [0.15, 0.2) is 42.5 Å². The molecule has 0 spiro atoms. The molecule has 0 radical (unpaired) electrons. The first kappa shape index (κ1) is 20.6. The number of rotatable bonds is 10. The molecule has 2 N–H and O–H groups in total. The highest BCUT2D eigenvalue weighted by Gasteiger charge is 2.23. The number of nitrogens with two attached hydrogens (primary N) is 1. The second-order valence-electron chi connectivity index (χ2n) is 6.24. The van der Waals surface area contributed by atoms with Crippen LogP contribution < -0.4 is 10.5 Å². The monoisotopic (exact) mass is 368 g/mol. The number of benzene rings is 2. The molecule has 5 nitrogen and oxygen atoms in total. The molecule has 0 saturated heterocycles. The summed E-state index contributed by atoms with van der Waals surface area (Å²) >= 11 is 0. The van der Waals surface area contributed by atoms with Gasteiger partial charge in [0, 0.05) is 24.1 Å². The van der Waals surface area contributed by atoms with Gasteiger partial charge in [-0.05, 0) is 30.8 Å². The molecule has 2 rings (SSSR count). The predicted molar refractivity (Wildman–Crippen MR) is 108 cm³/mol. The van der Waals surface area contributed by atoms with Crippen molar-refractivity contribution in [2.75, 3.05) is 26.2 Å². The molecule has 2 aromatic carbocycles. The Balaban J connectivity index is 2.51. The van der Waals surface area contributed by atoms with Crippen LogP contribution in [0.4, 0.5) is 0 Å². The molecule has 144 valence electrons. The highest BCUT2D eigenvalue weighted by Crippen LogP contribution is 2.35. The van der Waals surface area contributed by atoms with Crippen molar-refractivity contribution in [1.29, 1.82) is 0 Å². The van der Waals surface area contributed by atoms with E-state index in [0.717, 1.165) is 25.2 Å². The van der Waals surface area contributed by atoms with Crippen molar-refractivity contribution in [1.82, 2.24) is 4.90 Å². The largest absolute Gasteiger partial charge is 0.491 e. The SMILES string of the molecule is CCC(=O)c1c(OCCN(CC)CC)ccc(C(N)=O)c1-c1ccccc1. The molecule has 0 bridgehead atoms. The third kappa shape index (κ3) is 4.95. The first-order valence-corrected chi connectivity index (χ1v) is 9.43. The first-order valence-electron chi connectivity index (χ1n) is 9.43. The highest BCUT2D eigenvalue weighted by atomic mass is 16.5. The lowest BCUT2D eigenvalue weighted by Crippen LogP contribution is -2.28. The molecule has 0 aliphatic heterocycles. The van der Waals surface area contributed by atoms with Crippen LogP contribution in [0, 0.1) is 0 Å². The molecule has 0 fully saturated rings. The minimum Gasteiger partial charge on any atom is -0.491 e. The van der Waals surface area contributed by atoms with E-state index in [1.165, 1.54) is 0 Å². The zero-order valence-electron chi connectivity index (χ0n) is 16.3. The fraction of sp³-hybridized carbons (Fsp3) is 0.364. The summed E-state index contributed by atoms with van der Waals surface area (Å²) in [5, 5.41) is 0. The molecular weight excluding hydrogens is 340 g/mol. The van der Waals surface area contributed by atoms with Crippen LogP contribution in [-0.4, -0.2) is 42.8 Å². The minimum absolute atomic E-state index is 0.0743. The smallest absolute Gasteiger partial charge is 0.249 e. The predicted octanol–water partition coefficient (Wildman–Crippen LogP) is 3.77. The molecule has 0 atom stereocenters. The summed E-state index contributed by atoms with van der Waals surface area (Å²) < 4.78 is 5.98. The summed E-state index contributed by atoms with van der Waals surface area (Å²) in [5.41, 5.74) is 7.68. The maximum atomic E-state index is 12.8. The zero-order chi connectivity index (χ0) is 19.8. The number of hydrogen-bond acceptors (Lipinski definition) is 4. The first-order chi connectivity index (χ1) is 13.0. The number of carbonyl (C=O) groups excluding carboxylic acids is 2. The number of primary amides is 1. The van der Waals surface area contributed by atoms with Gasteiger partial charge in [-0.1, -0.05) is 51.1 Å². The Labute approximate surface area is 161 Å². The van der Waals surface area contributed by atoms with Gasteiger partial charge in [-0.3, -0.25) is 9.59 Å². The molecule has 0 aromatic heterocycles. The van der Waals surface area contributed by atoms with Gasteiger partial charge in [-0.15, -0.1) is 0 Å². The Bertz CT molecular complexity index is 784. The Morgan fingerprint density at radius 1 is 1.00 bits per heavy atom. The Kier molecular flexibility index (Phi) is 7.55. The van der Waals surface area contributed by atoms with E-state index in [0.29, 0.717) is 35.5 Å². The van der Waals surface area contributed by atoms with Gasteiger partial charge in [0.25, 0.3) is 0 Å². The number of ketones is 1. The van der Waals surface area contributed by atoms with Gasteiger partial charge in [-0.25, -0.2) is 0 Å². The normalized spacial score (nSPS) is 10.8. The molecule has 0 aliphatic carbocycles. The highest BCUT2D eigenvalue weighted by molar-refractivity contribution is 6.11. The lowest BCUT2D eigenvalue weighted by Gasteiger charge is -2.20. The standard InChI is InChI=1S/C22H28N2O3/c1-4-18(25)21-19(27-15-14-24(5-2)6-3)13-12-17(22(23)26)20(21)16-10-8-7-9-11-16/h7-13H,4-6,14-15H2,1-3H3,(H2,23,26). The van der Waals surface area contributed by atoms with Crippen molar-refractivity contribution in [2.45, 2.75) is 27.2 Å². The van der Waals surface area contributed by atoms with E-state index in [9.17, 15) is 9.59 Å². The van der Waals surface area contributed by atoms with Gasteiger partial charge in [0.1, 0.15) is 12.4 Å². The quantitative estimate of drug-likeness (QED) is 0.648. The van der Waals surface area contributed by atoms with Gasteiger partial charge < -0.3 is 15.4 Å². The maximum Gasteiger partial charge on any atom is 0.249 e. The molecule has 2 aromatic rings. The van der Waals surface area contributed by atoms with Crippen molar-refractivity contribution in [3.8, 4) is 16.9 Å². The summed E-state index contributed by atoms with van der Waals surface area (Å²) in [4.78, 5) is 27.0. The molecule has 0 unspecified atom stereocenters. The van der Waals surface area contributed by atoms with Crippen LogP contribution in [0.25, 0.3) is 11.1 Å². The van der Waals surface area contributed by atoms with E-state index in [1.54, 1.807) is 19.1 Å². The van der Waals surface area contributed by atoms with Gasteiger partial charge in [0.15, 0.2) is 5.78 Å². The molecule has 0 saturated carbocycles. The van der Waals surface area contributed by atoms with Crippen LogP contribution in [0.5, 0.6) is 5.75 Å². The number of amides is 1. The van der Waals surface area contributed by atoms with Crippen molar-refractivity contribution in [3.05, 3.63) is 53.6 Å². The third-order valence-electron chi connectivity index (χ3n) is 4.65. The molecular formula is C22H28N2O3. The molecule has 1 amide bonds. The van der Waals surface area contributed by atoms with Crippen molar-refractivity contribution in [2.24, 2.45) is 5.73 Å². The molecule has 5 heteroatoms. The number of ether oxygens (including phenoxy) is 1. The van der Waals surface area contributed by atoms with E-state index < -0.39 is 5.91 Å². The van der Waals surface area contributed by atoms with Gasteiger partial charge in [0.05, 0.1) is 5.56 Å².